The molecule has 0 fully saturated rings. The average Bonchev–Trinajstić information content (AvgIpc) is 2.73. The highest BCUT2D eigenvalue weighted by molar-refractivity contribution is 6.03. The molecule has 0 spiro atoms. The van der Waals surface area contributed by atoms with Gasteiger partial charge in [-0.05, 0) is 55.0 Å². The Morgan fingerprint density at radius 1 is 0.931 bits per heavy atom. The van der Waals surface area contributed by atoms with Crippen molar-refractivity contribution in [1.82, 2.24) is 9.78 Å². The van der Waals surface area contributed by atoms with Gasteiger partial charge < -0.3 is 9.47 Å². The van der Waals surface area contributed by atoms with Crippen LogP contribution >= 0.6 is 0 Å². The molecule has 4 rings (SSSR count). The molecule has 0 aliphatic carbocycles. The number of carbonyl (C=O) groups excluding carboxylic acids is 1. The third-order valence-electron chi connectivity index (χ3n) is 4.74. The molecule has 0 radical (unpaired) electrons. The van der Waals surface area contributed by atoms with E-state index in [2.05, 4.69) is 5.10 Å². The first-order valence-corrected chi connectivity index (χ1v) is 9.29. The molecule has 6 heteroatoms. The molecule has 4 aromatic rings. The number of fused-ring (bicyclic) bond motifs is 2. The molecule has 29 heavy (non-hydrogen) atoms. The normalized spacial score (nSPS) is 11.2. The lowest BCUT2D eigenvalue weighted by Crippen LogP contribution is -2.28. The molecule has 0 aliphatic heterocycles. The van der Waals surface area contributed by atoms with E-state index in [4.69, 9.17) is 9.47 Å². The van der Waals surface area contributed by atoms with Crippen molar-refractivity contribution in [3.05, 3.63) is 76.7 Å². The number of methoxy groups -OCH3 is 1. The largest absolute Gasteiger partial charge is 0.497 e. The Labute approximate surface area is 167 Å². The highest BCUT2D eigenvalue weighted by Gasteiger charge is 2.19. The van der Waals surface area contributed by atoms with E-state index in [0.29, 0.717) is 16.5 Å². The molecule has 0 unspecified atom stereocenters. The summed E-state index contributed by atoms with van der Waals surface area (Å²) in [6, 6.07) is 17.8. The molecular formula is C23H20N2O4. The Morgan fingerprint density at radius 3 is 2.28 bits per heavy atom. The molecule has 0 amide bonds. The smallest absolute Gasteiger partial charge is 0.364 e. The molecule has 0 saturated carbocycles. The molecule has 146 valence electrons. The van der Waals surface area contributed by atoms with Crippen LogP contribution in [-0.4, -0.2) is 22.9 Å². The number of rotatable bonds is 4. The van der Waals surface area contributed by atoms with Gasteiger partial charge in [0, 0.05) is 5.39 Å². The van der Waals surface area contributed by atoms with Gasteiger partial charge in [-0.3, -0.25) is 4.79 Å². The van der Waals surface area contributed by atoms with Gasteiger partial charge >= 0.3 is 5.97 Å². The lowest BCUT2D eigenvalue weighted by Gasteiger charge is -2.13. The van der Waals surface area contributed by atoms with Gasteiger partial charge in [0.25, 0.3) is 5.56 Å². The van der Waals surface area contributed by atoms with Crippen LogP contribution in [0.5, 0.6) is 11.5 Å². The van der Waals surface area contributed by atoms with Crippen LogP contribution in [0.4, 0.5) is 0 Å². The zero-order valence-electron chi connectivity index (χ0n) is 16.4. The molecule has 0 saturated heterocycles. The molecule has 0 atom stereocenters. The van der Waals surface area contributed by atoms with Crippen molar-refractivity contribution < 1.29 is 14.3 Å². The number of benzene rings is 3. The number of ether oxygens (including phenoxy) is 2. The lowest BCUT2D eigenvalue weighted by molar-refractivity contribution is 0.0728. The van der Waals surface area contributed by atoms with Crippen LogP contribution in [0, 0.1) is 0 Å². The van der Waals surface area contributed by atoms with Crippen molar-refractivity contribution in [2.45, 2.75) is 19.9 Å². The van der Waals surface area contributed by atoms with Crippen LogP contribution in [0.25, 0.3) is 21.5 Å². The van der Waals surface area contributed by atoms with Gasteiger partial charge in [-0.15, -0.1) is 0 Å². The van der Waals surface area contributed by atoms with Crippen molar-refractivity contribution in [2.24, 2.45) is 0 Å². The van der Waals surface area contributed by atoms with Crippen LogP contribution in [0.2, 0.25) is 0 Å². The number of hydrogen-bond acceptors (Lipinski definition) is 5. The fourth-order valence-corrected chi connectivity index (χ4v) is 3.26. The van der Waals surface area contributed by atoms with E-state index in [9.17, 15) is 9.59 Å². The average molecular weight is 388 g/mol. The zero-order valence-corrected chi connectivity index (χ0v) is 16.4. The minimum absolute atomic E-state index is 0.111. The molecule has 6 nitrogen and oxygen atoms in total. The maximum atomic E-state index is 12.9. The van der Waals surface area contributed by atoms with Crippen LogP contribution in [0.1, 0.15) is 30.4 Å². The monoisotopic (exact) mass is 388 g/mol. The first-order chi connectivity index (χ1) is 14.0. The third kappa shape index (κ3) is 3.45. The van der Waals surface area contributed by atoms with Crippen LogP contribution < -0.4 is 15.0 Å². The Hall–Kier alpha value is -3.67. The second-order valence-electron chi connectivity index (χ2n) is 7.00. The summed E-state index contributed by atoms with van der Waals surface area (Å²) < 4.78 is 12.2. The Morgan fingerprint density at radius 2 is 1.59 bits per heavy atom. The molecule has 0 aliphatic rings. The predicted molar refractivity (Wildman–Crippen MR) is 112 cm³/mol. The van der Waals surface area contributed by atoms with E-state index < -0.39 is 5.97 Å². The SMILES string of the molecule is COc1ccc2ccc(OC(=O)c3nn(C(C)C)c(=O)c4ccccc34)cc2c1. The van der Waals surface area contributed by atoms with Gasteiger partial charge in [0.1, 0.15) is 11.5 Å². The second-order valence-corrected chi connectivity index (χ2v) is 7.00. The van der Waals surface area contributed by atoms with Gasteiger partial charge in [-0.25, -0.2) is 9.48 Å². The third-order valence-corrected chi connectivity index (χ3v) is 4.74. The van der Waals surface area contributed by atoms with Crippen molar-refractivity contribution in [3.63, 3.8) is 0 Å². The minimum Gasteiger partial charge on any atom is -0.497 e. The van der Waals surface area contributed by atoms with Gasteiger partial charge in [0.2, 0.25) is 0 Å². The summed E-state index contributed by atoms with van der Waals surface area (Å²) in [6.45, 7) is 3.68. The maximum absolute atomic E-state index is 12.9. The topological polar surface area (TPSA) is 70.4 Å². The van der Waals surface area contributed by atoms with Crippen molar-refractivity contribution in [1.29, 1.82) is 0 Å². The number of esters is 1. The van der Waals surface area contributed by atoms with Crippen molar-refractivity contribution in [2.75, 3.05) is 7.11 Å². The summed E-state index contributed by atoms with van der Waals surface area (Å²) in [5.41, 5.74) is -0.121. The van der Waals surface area contributed by atoms with Gasteiger partial charge in [0.05, 0.1) is 18.5 Å². The summed E-state index contributed by atoms with van der Waals surface area (Å²) in [4.78, 5) is 25.6. The first-order valence-electron chi connectivity index (χ1n) is 9.29. The summed E-state index contributed by atoms with van der Waals surface area (Å²) in [5.74, 6) is 0.499. The zero-order chi connectivity index (χ0) is 20.5. The Kier molecular flexibility index (Phi) is 4.76. The van der Waals surface area contributed by atoms with E-state index in [1.807, 2.05) is 38.1 Å². The number of aromatic nitrogens is 2. The van der Waals surface area contributed by atoms with Crippen LogP contribution in [-0.2, 0) is 0 Å². The Balaban J connectivity index is 1.77. The van der Waals surface area contributed by atoms with E-state index in [-0.39, 0.29) is 17.3 Å². The van der Waals surface area contributed by atoms with Gasteiger partial charge in [-0.2, -0.15) is 5.10 Å². The highest BCUT2D eigenvalue weighted by Crippen LogP contribution is 2.26. The van der Waals surface area contributed by atoms with Crippen molar-refractivity contribution >= 4 is 27.5 Å². The number of carbonyl (C=O) groups is 1. The van der Waals surface area contributed by atoms with Gasteiger partial charge in [-0.1, -0.05) is 30.3 Å². The molecule has 1 aromatic heterocycles. The standard InChI is InChI=1S/C23H20N2O4/c1-14(2)25-22(26)20-7-5-4-6-19(20)21(24-25)23(27)29-18-11-9-15-8-10-17(28-3)12-16(15)13-18/h4-14H,1-3H3. The van der Waals surface area contributed by atoms with E-state index in [1.54, 1.807) is 43.5 Å². The first kappa shape index (κ1) is 18.7. The molecule has 0 N–H and O–H groups in total. The van der Waals surface area contributed by atoms with Gasteiger partial charge in [0.15, 0.2) is 5.69 Å². The Bertz CT molecular complexity index is 1290. The maximum Gasteiger partial charge on any atom is 0.364 e. The summed E-state index contributed by atoms with van der Waals surface area (Å²) in [5, 5.41) is 7.10. The fraction of sp³-hybridized carbons (Fsp3) is 0.174. The van der Waals surface area contributed by atoms with E-state index in [1.165, 1.54) is 4.68 Å². The summed E-state index contributed by atoms with van der Waals surface area (Å²) >= 11 is 0. The highest BCUT2D eigenvalue weighted by atomic mass is 16.5. The van der Waals surface area contributed by atoms with Crippen LogP contribution in [0.15, 0.2) is 65.5 Å². The quantitative estimate of drug-likeness (QED) is 0.384. The molecular weight excluding hydrogens is 368 g/mol. The molecule has 1 heterocycles. The van der Waals surface area contributed by atoms with Crippen molar-refractivity contribution in [3.8, 4) is 11.5 Å². The number of nitrogens with zero attached hydrogens (tertiary/aromatic N) is 2. The summed E-state index contributed by atoms with van der Waals surface area (Å²) in [6.07, 6.45) is 0. The predicted octanol–water partition coefficient (Wildman–Crippen LogP) is 4.36. The molecule has 0 bridgehead atoms. The molecule has 3 aromatic carbocycles. The number of hydrogen-bond donors (Lipinski definition) is 0. The minimum atomic E-state index is -0.613. The summed E-state index contributed by atoms with van der Waals surface area (Å²) in [7, 11) is 1.60. The van der Waals surface area contributed by atoms with Crippen LogP contribution in [0.3, 0.4) is 0 Å². The van der Waals surface area contributed by atoms with E-state index >= 15 is 0 Å². The van der Waals surface area contributed by atoms with E-state index in [0.717, 1.165) is 16.5 Å². The fourth-order valence-electron chi connectivity index (χ4n) is 3.26. The lowest BCUT2D eigenvalue weighted by atomic mass is 10.1. The second kappa shape index (κ2) is 7.39.